The van der Waals surface area contributed by atoms with Gasteiger partial charge in [0.1, 0.15) is 6.04 Å². The minimum absolute atomic E-state index is 0.107. The van der Waals surface area contributed by atoms with E-state index < -0.39 is 33.4 Å². The first-order valence-corrected chi connectivity index (χ1v) is 17.1. The number of aliphatic hydroxyl groups excluding tert-OH is 1. The number of aliphatic hydroxyl groups is 1. The molecule has 0 aliphatic carbocycles. The standard InChI is InChI=1S/C37H47N3O4S/c1-5-8-15-24-38(22-6-2)35(44)32-37-21-20-36(4,45-37)30(33(42)39(23-7-3)28-18-13-10-14-19-28)31(37)34(43)40(32)29(26-41)25-27-16-11-9-12-17-27/h6-7,9-14,16-19,29-32,41H,2-3,5,8,15,20-26H2,1,4H3/t29-,30-,31+,32?,36+,37?/m1/s1. The van der Waals surface area contributed by atoms with Gasteiger partial charge < -0.3 is 19.8 Å². The zero-order valence-electron chi connectivity index (χ0n) is 26.6. The average Bonchev–Trinajstić information content (AvgIpc) is 3.63. The number of anilines is 1. The van der Waals surface area contributed by atoms with Gasteiger partial charge >= 0.3 is 0 Å². The van der Waals surface area contributed by atoms with E-state index >= 15 is 0 Å². The fourth-order valence-corrected chi connectivity index (χ4v) is 10.3. The SMILES string of the molecule is C=CCN(CCCCC)C(=O)C1N([C@@H](CO)Cc2ccccc2)C(=O)[C@@H]2[C@H](C(=O)N(CC=C)c3ccccc3)[C@]3(C)CCC12S3. The quantitative estimate of drug-likeness (QED) is 0.208. The number of amides is 3. The lowest BCUT2D eigenvalue weighted by Gasteiger charge is -2.39. The number of hydrogen-bond acceptors (Lipinski definition) is 5. The van der Waals surface area contributed by atoms with Crippen LogP contribution >= 0.6 is 11.8 Å². The molecule has 3 amide bonds. The number of thioether (sulfide) groups is 1. The first-order chi connectivity index (χ1) is 21.8. The molecule has 2 aromatic carbocycles. The molecule has 2 aromatic rings. The summed E-state index contributed by atoms with van der Waals surface area (Å²) in [5.74, 6) is -1.71. The van der Waals surface area contributed by atoms with E-state index in [9.17, 15) is 19.5 Å². The van der Waals surface area contributed by atoms with Crippen LogP contribution in [0.2, 0.25) is 0 Å². The molecule has 8 heteroatoms. The summed E-state index contributed by atoms with van der Waals surface area (Å²) in [6.07, 6.45) is 8.15. The first-order valence-electron chi connectivity index (χ1n) is 16.3. The second kappa shape index (κ2) is 14.0. The number of likely N-dealkylation sites (tertiary alicyclic amines) is 1. The first kappa shape index (κ1) is 33.0. The number of hydrogen-bond donors (Lipinski definition) is 1. The Hall–Kier alpha value is -3.36. The molecule has 240 valence electrons. The third-order valence-corrected chi connectivity index (χ3v) is 12.0. The predicted octanol–water partition coefficient (Wildman–Crippen LogP) is 5.50. The average molecular weight is 630 g/mol. The molecule has 45 heavy (non-hydrogen) atoms. The summed E-state index contributed by atoms with van der Waals surface area (Å²) in [5, 5.41) is 10.8. The van der Waals surface area contributed by atoms with Crippen LogP contribution in [0.4, 0.5) is 5.69 Å². The normalized spacial score (nSPS) is 27.2. The summed E-state index contributed by atoms with van der Waals surface area (Å²) in [7, 11) is 0. The van der Waals surface area contributed by atoms with Crippen LogP contribution in [0.15, 0.2) is 86.0 Å². The summed E-state index contributed by atoms with van der Waals surface area (Å²) >= 11 is 1.67. The summed E-state index contributed by atoms with van der Waals surface area (Å²) in [6, 6.07) is 17.9. The molecule has 3 fully saturated rings. The van der Waals surface area contributed by atoms with E-state index in [1.807, 2.05) is 65.6 Å². The van der Waals surface area contributed by atoms with Gasteiger partial charge in [-0.25, -0.2) is 0 Å². The molecule has 2 unspecified atom stereocenters. The highest BCUT2D eigenvalue weighted by Gasteiger charge is 2.78. The van der Waals surface area contributed by atoms with Crippen molar-refractivity contribution in [2.24, 2.45) is 11.8 Å². The Morgan fingerprint density at radius 1 is 1.02 bits per heavy atom. The van der Waals surface area contributed by atoms with E-state index in [0.29, 0.717) is 32.5 Å². The summed E-state index contributed by atoms with van der Waals surface area (Å²) < 4.78 is -1.27. The molecule has 1 spiro atoms. The van der Waals surface area contributed by atoms with Gasteiger partial charge in [0.05, 0.1) is 29.2 Å². The van der Waals surface area contributed by atoms with E-state index in [1.54, 1.807) is 33.7 Å². The molecule has 6 atom stereocenters. The molecular formula is C37H47N3O4S. The lowest BCUT2D eigenvalue weighted by Crippen LogP contribution is -2.58. The fourth-order valence-electron chi connectivity index (χ4n) is 7.95. The Morgan fingerprint density at radius 2 is 1.69 bits per heavy atom. The van der Waals surface area contributed by atoms with Crippen LogP contribution in [-0.4, -0.2) is 80.4 Å². The Labute approximate surface area is 272 Å². The minimum Gasteiger partial charge on any atom is -0.394 e. The smallest absolute Gasteiger partial charge is 0.247 e. The highest BCUT2D eigenvalue weighted by atomic mass is 32.2. The number of fused-ring (bicyclic) bond motifs is 1. The second-order valence-corrected chi connectivity index (χ2v) is 14.7. The van der Waals surface area contributed by atoms with Crippen molar-refractivity contribution >= 4 is 35.2 Å². The van der Waals surface area contributed by atoms with Gasteiger partial charge in [-0.3, -0.25) is 14.4 Å². The molecule has 7 nitrogen and oxygen atoms in total. The van der Waals surface area contributed by atoms with Crippen molar-refractivity contribution in [2.45, 2.75) is 74.0 Å². The molecule has 3 heterocycles. The topological polar surface area (TPSA) is 81.2 Å². The van der Waals surface area contributed by atoms with Crippen LogP contribution in [0.1, 0.15) is 51.5 Å². The lowest BCUT2D eigenvalue weighted by atomic mass is 9.66. The lowest BCUT2D eigenvalue weighted by molar-refractivity contribution is -0.145. The van der Waals surface area contributed by atoms with Crippen molar-refractivity contribution in [1.29, 1.82) is 0 Å². The summed E-state index contributed by atoms with van der Waals surface area (Å²) in [5.41, 5.74) is 1.74. The van der Waals surface area contributed by atoms with E-state index in [4.69, 9.17) is 0 Å². The van der Waals surface area contributed by atoms with Crippen molar-refractivity contribution in [3.63, 3.8) is 0 Å². The maximum atomic E-state index is 14.9. The van der Waals surface area contributed by atoms with Gasteiger partial charge in [0.15, 0.2) is 0 Å². The minimum atomic E-state index is -0.786. The van der Waals surface area contributed by atoms with Gasteiger partial charge in [0.25, 0.3) is 0 Å². The molecule has 1 N–H and O–H groups in total. The largest absolute Gasteiger partial charge is 0.394 e. The van der Waals surface area contributed by atoms with Gasteiger partial charge in [0.2, 0.25) is 17.7 Å². The van der Waals surface area contributed by atoms with Crippen LogP contribution in [0.25, 0.3) is 0 Å². The van der Waals surface area contributed by atoms with E-state index in [0.717, 1.165) is 36.9 Å². The van der Waals surface area contributed by atoms with Crippen molar-refractivity contribution in [2.75, 3.05) is 31.1 Å². The number of benzene rings is 2. The summed E-state index contributed by atoms with van der Waals surface area (Å²) in [6.45, 7) is 13.1. The molecule has 3 aliphatic rings. The molecule has 0 aromatic heterocycles. The maximum Gasteiger partial charge on any atom is 0.247 e. The molecule has 2 bridgehead atoms. The Balaban J connectivity index is 1.59. The number of unbranched alkanes of at least 4 members (excludes halogenated alkanes) is 2. The van der Waals surface area contributed by atoms with Crippen LogP contribution in [0, 0.1) is 11.8 Å². The van der Waals surface area contributed by atoms with Crippen molar-refractivity contribution in [1.82, 2.24) is 9.80 Å². The fraction of sp³-hybridized carbons (Fsp3) is 0.486. The van der Waals surface area contributed by atoms with Crippen molar-refractivity contribution in [3.8, 4) is 0 Å². The zero-order chi connectivity index (χ0) is 32.2. The van der Waals surface area contributed by atoms with Gasteiger partial charge in [0, 0.05) is 30.1 Å². The predicted molar refractivity (Wildman–Crippen MR) is 182 cm³/mol. The molecular weight excluding hydrogens is 582 g/mol. The molecule has 5 rings (SSSR count). The van der Waals surface area contributed by atoms with Crippen LogP contribution in [0.3, 0.4) is 0 Å². The van der Waals surface area contributed by atoms with Crippen molar-refractivity contribution in [3.05, 3.63) is 91.5 Å². The van der Waals surface area contributed by atoms with Crippen LogP contribution in [-0.2, 0) is 20.8 Å². The second-order valence-electron chi connectivity index (χ2n) is 12.9. The van der Waals surface area contributed by atoms with Gasteiger partial charge in [-0.2, -0.15) is 0 Å². The highest BCUT2D eigenvalue weighted by molar-refractivity contribution is 8.02. The third-order valence-electron chi connectivity index (χ3n) is 9.97. The van der Waals surface area contributed by atoms with Gasteiger partial charge in [-0.15, -0.1) is 24.9 Å². The molecule has 0 radical (unpaired) electrons. The van der Waals surface area contributed by atoms with Crippen LogP contribution in [0.5, 0.6) is 0 Å². The van der Waals surface area contributed by atoms with Gasteiger partial charge in [-0.1, -0.05) is 80.4 Å². The number of rotatable bonds is 15. The highest BCUT2D eigenvalue weighted by Crippen LogP contribution is 2.72. The Kier molecular flexibility index (Phi) is 10.2. The number of carbonyl (C=O) groups excluding carboxylic acids is 3. The van der Waals surface area contributed by atoms with E-state index in [-0.39, 0.29) is 24.3 Å². The number of nitrogens with zero attached hydrogens (tertiary/aromatic N) is 3. The van der Waals surface area contributed by atoms with Gasteiger partial charge in [-0.05, 0) is 50.3 Å². The molecule has 0 saturated carbocycles. The van der Waals surface area contributed by atoms with E-state index in [1.165, 1.54) is 0 Å². The summed E-state index contributed by atoms with van der Waals surface area (Å²) in [4.78, 5) is 49.6. The maximum absolute atomic E-state index is 14.9. The Morgan fingerprint density at radius 3 is 2.31 bits per heavy atom. The Bertz CT molecular complexity index is 1390. The van der Waals surface area contributed by atoms with Crippen LogP contribution < -0.4 is 4.90 Å². The van der Waals surface area contributed by atoms with E-state index in [2.05, 4.69) is 27.0 Å². The molecule has 3 saturated heterocycles. The number of para-hydroxylation sites is 1. The monoisotopic (exact) mass is 629 g/mol. The zero-order valence-corrected chi connectivity index (χ0v) is 27.5. The molecule has 3 aliphatic heterocycles. The number of carbonyl (C=O) groups is 3. The van der Waals surface area contributed by atoms with Crippen molar-refractivity contribution < 1.29 is 19.5 Å². The third kappa shape index (κ3) is 5.99.